The minimum absolute atomic E-state index is 0.0122. The first-order chi connectivity index (χ1) is 6.72. The molecule has 2 nitrogen and oxygen atoms in total. The van der Waals surface area contributed by atoms with Gasteiger partial charge in [0.2, 0.25) is 0 Å². The predicted octanol–water partition coefficient (Wildman–Crippen LogP) is 3.20. The smallest absolute Gasteiger partial charge is 0.118 e. The van der Waals surface area contributed by atoms with Gasteiger partial charge in [-0.15, -0.1) is 0 Å². The number of halogens is 2. The Labute approximate surface area is 96.2 Å². The molecule has 72 valence electrons. The second-order valence-corrected chi connectivity index (χ2v) is 4.55. The highest BCUT2D eigenvalue weighted by molar-refractivity contribution is 9.10. The summed E-state index contributed by atoms with van der Waals surface area (Å²) >= 11 is 9.45. The predicted molar refractivity (Wildman–Crippen MR) is 60.5 cm³/mol. The molecule has 14 heavy (non-hydrogen) atoms. The fourth-order valence-electron chi connectivity index (χ4n) is 1.52. The van der Waals surface area contributed by atoms with E-state index in [1.807, 2.05) is 23.1 Å². The van der Waals surface area contributed by atoms with E-state index in [-0.39, 0.29) is 6.04 Å². The molecule has 0 radical (unpaired) electrons. The van der Waals surface area contributed by atoms with Crippen LogP contribution in [0.15, 0.2) is 22.7 Å². The van der Waals surface area contributed by atoms with E-state index in [1.165, 1.54) is 0 Å². The molecule has 0 aliphatic carbocycles. The van der Waals surface area contributed by atoms with Crippen molar-refractivity contribution >= 4 is 33.2 Å². The van der Waals surface area contributed by atoms with Gasteiger partial charge in [0.1, 0.15) is 6.04 Å². The molecule has 1 unspecified atom stereocenters. The Morgan fingerprint density at radius 3 is 2.93 bits per heavy atom. The lowest BCUT2D eigenvalue weighted by Crippen LogP contribution is -2.47. The van der Waals surface area contributed by atoms with Crippen molar-refractivity contribution < 1.29 is 0 Å². The van der Waals surface area contributed by atoms with E-state index in [1.54, 1.807) is 0 Å². The lowest BCUT2D eigenvalue weighted by Gasteiger charge is -2.39. The zero-order chi connectivity index (χ0) is 10.1. The van der Waals surface area contributed by atoms with E-state index in [9.17, 15) is 0 Å². The lowest BCUT2D eigenvalue weighted by atomic mass is 10.0. The van der Waals surface area contributed by atoms with Gasteiger partial charge in [0, 0.05) is 11.0 Å². The minimum Gasteiger partial charge on any atom is -0.354 e. The molecule has 1 heterocycles. The van der Waals surface area contributed by atoms with Crippen LogP contribution in [0.4, 0.5) is 5.69 Å². The van der Waals surface area contributed by atoms with Gasteiger partial charge in [-0.1, -0.05) is 27.5 Å². The summed E-state index contributed by atoms with van der Waals surface area (Å²) in [7, 11) is 0. The summed E-state index contributed by atoms with van der Waals surface area (Å²) in [6, 6.07) is 7.92. The molecule has 1 aliphatic rings. The maximum Gasteiger partial charge on any atom is 0.118 e. The number of anilines is 1. The number of rotatable bonds is 1. The Morgan fingerprint density at radius 2 is 2.36 bits per heavy atom. The van der Waals surface area contributed by atoms with E-state index in [0.29, 0.717) is 5.02 Å². The van der Waals surface area contributed by atoms with Crippen LogP contribution in [0.3, 0.4) is 0 Å². The Morgan fingerprint density at radius 1 is 1.57 bits per heavy atom. The highest BCUT2D eigenvalue weighted by Crippen LogP contribution is 2.34. The Balaban J connectivity index is 2.32. The molecule has 0 saturated carbocycles. The Hall–Kier alpha value is -0.720. The molecule has 1 aliphatic heterocycles. The number of nitriles is 1. The van der Waals surface area contributed by atoms with E-state index in [4.69, 9.17) is 16.9 Å². The van der Waals surface area contributed by atoms with Crippen molar-refractivity contribution in [1.82, 2.24) is 0 Å². The van der Waals surface area contributed by atoms with Crippen LogP contribution in [0.25, 0.3) is 0 Å². The van der Waals surface area contributed by atoms with E-state index in [0.717, 1.165) is 23.1 Å². The molecule has 1 aromatic carbocycles. The Bertz CT molecular complexity index is 400. The normalized spacial score (nSPS) is 20.1. The third kappa shape index (κ3) is 1.60. The maximum atomic E-state index is 8.83. The number of nitrogens with zero attached hydrogens (tertiary/aromatic N) is 2. The standard InChI is InChI=1S/C10H8BrClN2/c11-7-1-2-9(12)10(5-7)14-4-3-8(14)6-13/h1-2,5,8H,3-4H2. The molecule has 4 heteroatoms. The average molecular weight is 272 g/mol. The molecule has 0 aromatic heterocycles. The third-order valence-corrected chi connectivity index (χ3v) is 3.20. The quantitative estimate of drug-likeness (QED) is 0.784. The summed E-state index contributed by atoms with van der Waals surface area (Å²) < 4.78 is 0.987. The summed E-state index contributed by atoms with van der Waals surface area (Å²) in [5.41, 5.74) is 0.943. The molecule has 0 amide bonds. The molecular weight excluding hydrogens is 263 g/mol. The van der Waals surface area contributed by atoms with Crippen molar-refractivity contribution in [2.45, 2.75) is 12.5 Å². The largest absolute Gasteiger partial charge is 0.354 e. The summed E-state index contributed by atoms with van der Waals surface area (Å²) in [5.74, 6) is 0. The number of hydrogen-bond acceptors (Lipinski definition) is 2. The molecule has 1 atom stereocenters. The number of hydrogen-bond donors (Lipinski definition) is 0. The van der Waals surface area contributed by atoms with Gasteiger partial charge in [-0.25, -0.2) is 0 Å². The average Bonchev–Trinajstić information content (AvgIpc) is 2.10. The van der Waals surface area contributed by atoms with Gasteiger partial charge < -0.3 is 4.90 Å². The van der Waals surface area contributed by atoms with Crippen LogP contribution in [-0.2, 0) is 0 Å². The first kappa shape index (κ1) is 9.82. The van der Waals surface area contributed by atoms with Gasteiger partial charge in [-0.05, 0) is 24.6 Å². The van der Waals surface area contributed by atoms with Gasteiger partial charge in [0.15, 0.2) is 0 Å². The van der Waals surface area contributed by atoms with Crippen LogP contribution < -0.4 is 4.90 Å². The van der Waals surface area contributed by atoms with Crippen LogP contribution in [0.1, 0.15) is 6.42 Å². The van der Waals surface area contributed by atoms with Crippen LogP contribution in [0, 0.1) is 11.3 Å². The lowest BCUT2D eigenvalue weighted by molar-refractivity contribution is 0.531. The van der Waals surface area contributed by atoms with Crippen LogP contribution in [-0.4, -0.2) is 12.6 Å². The maximum absolute atomic E-state index is 8.83. The zero-order valence-electron chi connectivity index (χ0n) is 7.37. The van der Waals surface area contributed by atoms with E-state index in [2.05, 4.69) is 22.0 Å². The summed E-state index contributed by atoms with van der Waals surface area (Å²) in [6.07, 6.45) is 0.930. The summed E-state index contributed by atoms with van der Waals surface area (Å²) in [4.78, 5) is 2.02. The molecule has 1 aromatic rings. The van der Waals surface area contributed by atoms with Crippen molar-refractivity contribution in [3.8, 4) is 6.07 Å². The first-order valence-corrected chi connectivity index (χ1v) is 5.51. The van der Waals surface area contributed by atoms with Gasteiger partial charge in [-0.3, -0.25) is 0 Å². The van der Waals surface area contributed by atoms with Crippen LogP contribution in [0.5, 0.6) is 0 Å². The van der Waals surface area contributed by atoms with E-state index >= 15 is 0 Å². The van der Waals surface area contributed by atoms with Gasteiger partial charge in [0.25, 0.3) is 0 Å². The van der Waals surface area contributed by atoms with Crippen molar-refractivity contribution in [2.75, 3.05) is 11.4 Å². The summed E-state index contributed by atoms with van der Waals surface area (Å²) in [6.45, 7) is 0.911. The fraction of sp³-hybridized carbons (Fsp3) is 0.300. The first-order valence-electron chi connectivity index (χ1n) is 4.33. The third-order valence-electron chi connectivity index (χ3n) is 2.39. The van der Waals surface area contributed by atoms with Gasteiger partial charge >= 0.3 is 0 Å². The summed E-state index contributed by atoms with van der Waals surface area (Å²) in [5, 5.41) is 9.53. The molecule has 0 N–H and O–H groups in total. The Kier molecular flexibility index (Phi) is 2.66. The minimum atomic E-state index is -0.0122. The van der Waals surface area contributed by atoms with Crippen LogP contribution in [0.2, 0.25) is 5.02 Å². The molecule has 2 rings (SSSR count). The zero-order valence-corrected chi connectivity index (χ0v) is 9.72. The molecule has 0 spiro atoms. The van der Waals surface area contributed by atoms with Gasteiger partial charge in [0.05, 0.1) is 16.8 Å². The van der Waals surface area contributed by atoms with E-state index < -0.39 is 0 Å². The SMILES string of the molecule is N#CC1CCN1c1cc(Br)ccc1Cl. The van der Waals surface area contributed by atoms with Crippen molar-refractivity contribution in [1.29, 1.82) is 5.26 Å². The molecule has 0 bridgehead atoms. The second kappa shape index (κ2) is 3.80. The highest BCUT2D eigenvalue weighted by Gasteiger charge is 2.29. The van der Waals surface area contributed by atoms with Crippen molar-refractivity contribution in [2.24, 2.45) is 0 Å². The molecule has 1 saturated heterocycles. The van der Waals surface area contributed by atoms with Crippen molar-refractivity contribution in [3.63, 3.8) is 0 Å². The molecular formula is C10H8BrClN2. The van der Waals surface area contributed by atoms with Crippen LogP contribution >= 0.6 is 27.5 Å². The molecule has 1 fully saturated rings. The number of benzene rings is 1. The highest BCUT2D eigenvalue weighted by atomic mass is 79.9. The van der Waals surface area contributed by atoms with Crippen molar-refractivity contribution in [3.05, 3.63) is 27.7 Å². The second-order valence-electron chi connectivity index (χ2n) is 3.22. The van der Waals surface area contributed by atoms with Gasteiger partial charge in [-0.2, -0.15) is 5.26 Å². The fourth-order valence-corrected chi connectivity index (χ4v) is 2.09. The topological polar surface area (TPSA) is 27.0 Å². The monoisotopic (exact) mass is 270 g/mol.